The van der Waals surface area contributed by atoms with Crippen molar-refractivity contribution >= 4 is 5.78 Å². The highest BCUT2D eigenvalue weighted by Crippen LogP contribution is 2.27. The molecule has 0 bridgehead atoms. The van der Waals surface area contributed by atoms with Gasteiger partial charge in [-0.05, 0) is 19.3 Å². The number of nitrogens with zero attached hydrogens (tertiary/aromatic N) is 1. The van der Waals surface area contributed by atoms with E-state index in [9.17, 15) is 4.79 Å². The Hall–Kier alpha value is -0.370. The summed E-state index contributed by atoms with van der Waals surface area (Å²) in [6.45, 7) is 10.3. The summed E-state index contributed by atoms with van der Waals surface area (Å²) < 4.78 is 0. The van der Waals surface area contributed by atoms with Gasteiger partial charge in [0.05, 0.1) is 6.54 Å². The van der Waals surface area contributed by atoms with Crippen LogP contribution in [-0.4, -0.2) is 29.8 Å². The molecule has 0 aromatic heterocycles. The molecule has 0 N–H and O–H groups in total. The molecule has 70 valence electrons. The van der Waals surface area contributed by atoms with Crippen molar-refractivity contribution < 1.29 is 4.79 Å². The van der Waals surface area contributed by atoms with Gasteiger partial charge >= 0.3 is 0 Å². The second-order valence-corrected chi connectivity index (χ2v) is 4.88. The van der Waals surface area contributed by atoms with Crippen LogP contribution in [-0.2, 0) is 4.79 Å². The molecule has 1 saturated heterocycles. The molecular formula is C10H19NO. The number of Topliss-reactive ketones (excluding diaryl/α,β-unsaturated/α-hetero) is 1. The van der Waals surface area contributed by atoms with Crippen LogP contribution in [0.25, 0.3) is 0 Å². The highest BCUT2D eigenvalue weighted by molar-refractivity contribution is 5.81. The second-order valence-electron chi connectivity index (χ2n) is 4.88. The lowest BCUT2D eigenvalue weighted by Gasteiger charge is -2.39. The normalized spacial score (nSPS) is 24.9. The maximum absolute atomic E-state index is 11.4. The molecular weight excluding hydrogens is 150 g/mol. The predicted molar refractivity (Wildman–Crippen MR) is 50.1 cm³/mol. The van der Waals surface area contributed by atoms with E-state index in [2.05, 4.69) is 32.6 Å². The molecule has 0 amide bonds. The minimum absolute atomic E-state index is 0.180. The van der Waals surface area contributed by atoms with Crippen LogP contribution in [0.15, 0.2) is 0 Å². The number of carbonyl (C=O) groups excluding carboxylic acids is 1. The van der Waals surface area contributed by atoms with Crippen LogP contribution in [0.3, 0.4) is 0 Å². The minimum atomic E-state index is 0.180. The Morgan fingerprint density at radius 1 is 1.42 bits per heavy atom. The van der Waals surface area contributed by atoms with Gasteiger partial charge in [0.15, 0.2) is 0 Å². The van der Waals surface area contributed by atoms with E-state index in [4.69, 9.17) is 0 Å². The first-order valence-electron chi connectivity index (χ1n) is 4.66. The maximum atomic E-state index is 11.4. The molecule has 0 atom stereocenters. The average molecular weight is 169 g/mol. The van der Waals surface area contributed by atoms with Gasteiger partial charge in [-0.25, -0.2) is 0 Å². The third kappa shape index (κ3) is 2.31. The number of rotatable bonds is 1. The molecule has 0 saturated carbocycles. The van der Waals surface area contributed by atoms with Crippen LogP contribution < -0.4 is 0 Å². The molecule has 1 aliphatic rings. The van der Waals surface area contributed by atoms with Gasteiger partial charge in [0.25, 0.3) is 0 Å². The van der Waals surface area contributed by atoms with Gasteiger partial charge in [0.2, 0.25) is 0 Å². The van der Waals surface area contributed by atoms with E-state index < -0.39 is 0 Å². The van der Waals surface area contributed by atoms with Gasteiger partial charge in [-0.3, -0.25) is 9.69 Å². The van der Waals surface area contributed by atoms with E-state index in [1.165, 1.54) is 0 Å². The highest BCUT2D eigenvalue weighted by Gasteiger charge is 2.32. The Bertz CT molecular complexity index is 184. The summed E-state index contributed by atoms with van der Waals surface area (Å²) in [6, 6.07) is 0.494. The summed E-state index contributed by atoms with van der Waals surface area (Å²) in [6.07, 6.45) is 0.746. The van der Waals surface area contributed by atoms with Crippen molar-refractivity contribution in [2.45, 2.75) is 40.2 Å². The Morgan fingerprint density at radius 3 is 2.42 bits per heavy atom. The van der Waals surface area contributed by atoms with Gasteiger partial charge in [0, 0.05) is 19.0 Å². The van der Waals surface area contributed by atoms with E-state index in [0.29, 0.717) is 18.4 Å². The topological polar surface area (TPSA) is 20.3 Å². The smallest absolute Gasteiger partial charge is 0.147 e. The van der Waals surface area contributed by atoms with Crippen LogP contribution in [0.2, 0.25) is 0 Å². The molecule has 0 unspecified atom stereocenters. The quantitative estimate of drug-likeness (QED) is 0.595. The largest absolute Gasteiger partial charge is 0.298 e. The van der Waals surface area contributed by atoms with Gasteiger partial charge in [-0.15, -0.1) is 0 Å². The van der Waals surface area contributed by atoms with Crippen molar-refractivity contribution in [1.29, 1.82) is 0 Å². The van der Waals surface area contributed by atoms with E-state index in [0.717, 1.165) is 13.0 Å². The van der Waals surface area contributed by atoms with E-state index in [1.54, 1.807) is 0 Å². The molecule has 1 rings (SSSR count). The number of carbonyl (C=O) groups is 1. The van der Waals surface area contributed by atoms with Crippen molar-refractivity contribution in [2.75, 3.05) is 13.1 Å². The van der Waals surface area contributed by atoms with Crippen LogP contribution in [0.4, 0.5) is 0 Å². The summed E-state index contributed by atoms with van der Waals surface area (Å²) >= 11 is 0. The molecule has 2 heteroatoms. The maximum Gasteiger partial charge on any atom is 0.147 e. The summed E-state index contributed by atoms with van der Waals surface area (Å²) in [4.78, 5) is 13.6. The van der Waals surface area contributed by atoms with Gasteiger partial charge < -0.3 is 0 Å². The van der Waals surface area contributed by atoms with Crippen LogP contribution in [0.5, 0.6) is 0 Å². The van der Waals surface area contributed by atoms with Crippen molar-refractivity contribution in [3.63, 3.8) is 0 Å². The molecule has 1 heterocycles. The van der Waals surface area contributed by atoms with Crippen LogP contribution in [0.1, 0.15) is 34.1 Å². The predicted octanol–water partition coefficient (Wildman–Crippen LogP) is 1.70. The fourth-order valence-corrected chi connectivity index (χ4v) is 1.84. The zero-order chi connectivity index (χ0) is 9.35. The Balaban J connectivity index is 2.64. The monoisotopic (exact) mass is 169 g/mol. The summed E-state index contributed by atoms with van der Waals surface area (Å²) in [5, 5.41) is 0. The number of piperidine rings is 1. The standard InChI is InChI=1S/C10H19NO/c1-8(2)11-6-9(12)5-10(3,4)7-11/h8H,5-7H2,1-4H3. The summed E-state index contributed by atoms with van der Waals surface area (Å²) in [5.74, 6) is 0.389. The number of ketones is 1. The number of likely N-dealkylation sites (tertiary alicyclic amines) is 1. The molecule has 0 aromatic rings. The first kappa shape index (κ1) is 9.72. The third-order valence-corrected chi connectivity index (χ3v) is 2.42. The second kappa shape index (κ2) is 3.17. The zero-order valence-electron chi connectivity index (χ0n) is 8.55. The van der Waals surface area contributed by atoms with E-state index in [-0.39, 0.29) is 5.41 Å². The van der Waals surface area contributed by atoms with Crippen molar-refractivity contribution in [1.82, 2.24) is 4.90 Å². The molecule has 0 aliphatic carbocycles. The highest BCUT2D eigenvalue weighted by atomic mass is 16.1. The SMILES string of the molecule is CC(C)N1CC(=O)CC(C)(C)C1. The van der Waals surface area contributed by atoms with Gasteiger partial charge in [-0.2, -0.15) is 0 Å². The molecule has 0 spiro atoms. The van der Waals surface area contributed by atoms with Gasteiger partial charge in [-0.1, -0.05) is 13.8 Å². The summed E-state index contributed by atoms with van der Waals surface area (Å²) in [7, 11) is 0. The van der Waals surface area contributed by atoms with Gasteiger partial charge in [0.1, 0.15) is 5.78 Å². The molecule has 2 nitrogen and oxygen atoms in total. The first-order chi connectivity index (χ1) is 5.41. The lowest BCUT2D eigenvalue weighted by molar-refractivity contribution is -0.126. The fraction of sp³-hybridized carbons (Fsp3) is 0.900. The Morgan fingerprint density at radius 2 is 2.00 bits per heavy atom. The average Bonchev–Trinajstić information content (AvgIpc) is 1.82. The molecule has 1 aliphatic heterocycles. The lowest BCUT2D eigenvalue weighted by atomic mass is 9.83. The zero-order valence-corrected chi connectivity index (χ0v) is 8.55. The Labute approximate surface area is 74.9 Å². The van der Waals surface area contributed by atoms with Crippen molar-refractivity contribution in [2.24, 2.45) is 5.41 Å². The number of hydrogen-bond donors (Lipinski definition) is 0. The molecule has 1 fully saturated rings. The lowest BCUT2D eigenvalue weighted by Crippen LogP contribution is -2.47. The fourth-order valence-electron chi connectivity index (χ4n) is 1.84. The third-order valence-electron chi connectivity index (χ3n) is 2.42. The van der Waals surface area contributed by atoms with Crippen molar-refractivity contribution in [3.05, 3.63) is 0 Å². The Kier molecular flexibility index (Phi) is 2.57. The molecule has 12 heavy (non-hydrogen) atoms. The van der Waals surface area contributed by atoms with Crippen LogP contribution >= 0.6 is 0 Å². The van der Waals surface area contributed by atoms with E-state index >= 15 is 0 Å². The number of hydrogen-bond acceptors (Lipinski definition) is 2. The molecule has 0 radical (unpaired) electrons. The van der Waals surface area contributed by atoms with Crippen LogP contribution in [0, 0.1) is 5.41 Å². The van der Waals surface area contributed by atoms with E-state index in [1.807, 2.05) is 0 Å². The minimum Gasteiger partial charge on any atom is -0.298 e. The van der Waals surface area contributed by atoms with Crippen molar-refractivity contribution in [3.8, 4) is 0 Å². The summed E-state index contributed by atoms with van der Waals surface area (Å²) in [5.41, 5.74) is 0.180. The first-order valence-corrected chi connectivity index (χ1v) is 4.66. The molecule has 0 aromatic carbocycles.